The van der Waals surface area contributed by atoms with E-state index >= 15 is 0 Å². The molecule has 0 fully saturated rings. The van der Waals surface area contributed by atoms with Gasteiger partial charge in [0, 0.05) is 16.5 Å². The lowest BCUT2D eigenvalue weighted by molar-refractivity contribution is 0.217. The zero-order valence-corrected chi connectivity index (χ0v) is 10.6. The highest BCUT2D eigenvalue weighted by molar-refractivity contribution is 9.10. The first-order chi connectivity index (χ1) is 7.72. The smallest absolute Gasteiger partial charge is 0.129 e. The van der Waals surface area contributed by atoms with Crippen molar-refractivity contribution in [3.63, 3.8) is 0 Å². The van der Waals surface area contributed by atoms with Gasteiger partial charge in [-0.1, -0.05) is 22.0 Å². The summed E-state index contributed by atoms with van der Waals surface area (Å²) in [5.74, 6) is 0.578. The molecule has 0 aliphatic carbocycles. The van der Waals surface area contributed by atoms with E-state index in [-0.39, 0.29) is 11.9 Å². The van der Waals surface area contributed by atoms with E-state index in [1.807, 2.05) is 12.1 Å². The fraction of sp³-hybridized carbons (Fsp3) is 0.333. The van der Waals surface area contributed by atoms with Crippen LogP contribution in [0.4, 0.5) is 4.39 Å². The summed E-state index contributed by atoms with van der Waals surface area (Å²) in [6.07, 6.45) is 2.90. The fourth-order valence-electron chi connectivity index (χ4n) is 1.82. The summed E-state index contributed by atoms with van der Waals surface area (Å²) < 4.78 is 20.0. The van der Waals surface area contributed by atoms with Crippen molar-refractivity contribution in [3.8, 4) is 0 Å². The third kappa shape index (κ3) is 2.28. The largest absolute Gasteiger partial charge is 0.496 e. The molecule has 1 aliphatic rings. The summed E-state index contributed by atoms with van der Waals surface area (Å²) in [5.41, 5.74) is 0.610. The highest BCUT2D eigenvalue weighted by Gasteiger charge is 2.21. The number of hydrogen-bond donors (Lipinski definition) is 1. The minimum atomic E-state index is -0.231. The molecule has 1 N–H and O–H groups in total. The highest BCUT2D eigenvalue weighted by atomic mass is 79.9. The molecule has 0 saturated carbocycles. The van der Waals surface area contributed by atoms with Crippen LogP contribution < -0.4 is 5.32 Å². The lowest BCUT2D eigenvalue weighted by Crippen LogP contribution is -2.20. The second-order valence-corrected chi connectivity index (χ2v) is 4.55. The van der Waals surface area contributed by atoms with Crippen molar-refractivity contribution >= 4 is 15.9 Å². The van der Waals surface area contributed by atoms with Gasteiger partial charge in [0.15, 0.2) is 0 Å². The summed E-state index contributed by atoms with van der Waals surface area (Å²) in [6, 6.07) is 4.87. The Morgan fingerprint density at radius 2 is 2.31 bits per heavy atom. The van der Waals surface area contributed by atoms with Crippen LogP contribution in [0.3, 0.4) is 0 Å². The van der Waals surface area contributed by atoms with E-state index in [0.29, 0.717) is 12.2 Å². The van der Waals surface area contributed by atoms with Crippen molar-refractivity contribution in [2.75, 3.05) is 13.7 Å². The van der Waals surface area contributed by atoms with Gasteiger partial charge in [-0.3, -0.25) is 0 Å². The first-order valence-corrected chi connectivity index (χ1v) is 5.96. The zero-order valence-electron chi connectivity index (χ0n) is 8.97. The van der Waals surface area contributed by atoms with Crippen molar-refractivity contribution in [1.29, 1.82) is 0 Å². The molecule has 16 heavy (non-hydrogen) atoms. The summed E-state index contributed by atoms with van der Waals surface area (Å²) in [7, 11) is 1.80. The molecular formula is C12H13BrFNO. The standard InChI is InChI=1S/C12H13BrFNO/c1-15-12(11-3-2-6-16-11)9-5-4-8(13)7-10(9)14/h3-5,7,12,15H,2,6H2,1H3. The summed E-state index contributed by atoms with van der Waals surface area (Å²) in [4.78, 5) is 0. The molecular weight excluding hydrogens is 273 g/mol. The second-order valence-electron chi connectivity index (χ2n) is 3.63. The van der Waals surface area contributed by atoms with Gasteiger partial charge in [0.2, 0.25) is 0 Å². The minimum Gasteiger partial charge on any atom is -0.496 e. The van der Waals surface area contributed by atoms with Crippen LogP contribution in [0.2, 0.25) is 0 Å². The summed E-state index contributed by atoms with van der Waals surface area (Å²) in [5, 5.41) is 3.07. The first-order valence-electron chi connectivity index (χ1n) is 5.17. The number of nitrogens with one attached hydrogen (secondary N) is 1. The number of likely N-dealkylation sites (N-methyl/N-ethyl adjacent to an activating group) is 1. The van der Waals surface area contributed by atoms with E-state index in [4.69, 9.17) is 4.74 Å². The van der Waals surface area contributed by atoms with Crippen LogP contribution >= 0.6 is 15.9 Å². The Morgan fingerprint density at radius 3 is 2.88 bits per heavy atom. The molecule has 2 nitrogen and oxygen atoms in total. The maximum Gasteiger partial charge on any atom is 0.129 e. The van der Waals surface area contributed by atoms with Crippen LogP contribution in [0.25, 0.3) is 0 Å². The summed E-state index contributed by atoms with van der Waals surface area (Å²) >= 11 is 3.24. The van der Waals surface area contributed by atoms with Gasteiger partial charge < -0.3 is 10.1 Å². The van der Waals surface area contributed by atoms with Gasteiger partial charge in [-0.25, -0.2) is 4.39 Å². The number of halogens is 2. The lowest BCUT2D eigenvalue weighted by Gasteiger charge is -2.18. The molecule has 1 atom stereocenters. The van der Waals surface area contributed by atoms with Crippen LogP contribution in [-0.4, -0.2) is 13.7 Å². The van der Waals surface area contributed by atoms with E-state index in [9.17, 15) is 4.39 Å². The third-order valence-corrected chi connectivity index (χ3v) is 3.07. The van der Waals surface area contributed by atoms with E-state index < -0.39 is 0 Å². The zero-order chi connectivity index (χ0) is 11.5. The number of hydrogen-bond acceptors (Lipinski definition) is 2. The normalized spacial score (nSPS) is 16.8. The molecule has 1 aromatic rings. The molecule has 1 aromatic carbocycles. The molecule has 4 heteroatoms. The van der Waals surface area contributed by atoms with Crippen molar-refractivity contribution in [2.45, 2.75) is 12.5 Å². The minimum absolute atomic E-state index is 0.199. The second kappa shape index (κ2) is 4.97. The van der Waals surface area contributed by atoms with Crippen LogP contribution in [0, 0.1) is 5.82 Å². The van der Waals surface area contributed by atoms with Gasteiger partial charge in [-0.05, 0) is 25.3 Å². The van der Waals surface area contributed by atoms with Gasteiger partial charge >= 0.3 is 0 Å². The Kier molecular flexibility index (Phi) is 3.61. The van der Waals surface area contributed by atoms with Crippen molar-refractivity contribution in [1.82, 2.24) is 5.32 Å². The molecule has 2 rings (SSSR count). The maximum atomic E-state index is 13.8. The molecule has 1 heterocycles. The number of benzene rings is 1. The Morgan fingerprint density at radius 1 is 1.50 bits per heavy atom. The Bertz CT molecular complexity index is 419. The van der Waals surface area contributed by atoms with Gasteiger partial charge in [0.25, 0.3) is 0 Å². The van der Waals surface area contributed by atoms with E-state index in [0.717, 1.165) is 16.7 Å². The third-order valence-electron chi connectivity index (χ3n) is 2.58. The quantitative estimate of drug-likeness (QED) is 0.921. The van der Waals surface area contributed by atoms with Crippen molar-refractivity contribution in [3.05, 3.63) is 45.9 Å². The average Bonchev–Trinajstić information content (AvgIpc) is 2.75. The highest BCUT2D eigenvalue weighted by Crippen LogP contribution is 2.29. The van der Waals surface area contributed by atoms with Crippen LogP contribution in [0.15, 0.2) is 34.5 Å². The van der Waals surface area contributed by atoms with Gasteiger partial charge in [-0.2, -0.15) is 0 Å². The molecule has 86 valence electrons. The van der Waals surface area contributed by atoms with Crippen LogP contribution in [0.1, 0.15) is 18.0 Å². The molecule has 1 aliphatic heterocycles. The van der Waals surface area contributed by atoms with Gasteiger partial charge in [-0.15, -0.1) is 0 Å². The molecule has 0 bridgehead atoms. The van der Waals surface area contributed by atoms with E-state index in [1.165, 1.54) is 6.07 Å². The molecule has 0 aromatic heterocycles. The SMILES string of the molecule is CNC(C1=CCCO1)c1ccc(Br)cc1F. The monoisotopic (exact) mass is 285 g/mol. The first kappa shape index (κ1) is 11.6. The van der Waals surface area contributed by atoms with Gasteiger partial charge in [0.1, 0.15) is 11.6 Å². The molecule has 0 radical (unpaired) electrons. The van der Waals surface area contributed by atoms with Crippen molar-refractivity contribution in [2.24, 2.45) is 0 Å². The van der Waals surface area contributed by atoms with Gasteiger partial charge in [0.05, 0.1) is 12.6 Å². The Labute approximate surface area is 103 Å². The van der Waals surface area contributed by atoms with E-state index in [1.54, 1.807) is 13.1 Å². The molecule has 0 spiro atoms. The average molecular weight is 286 g/mol. The Balaban J connectivity index is 2.32. The summed E-state index contributed by atoms with van der Waals surface area (Å²) in [6.45, 7) is 0.686. The topological polar surface area (TPSA) is 21.3 Å². The Hall–Kier alpha value is -0.870. The fourth-order valence-corrected chi connectivity index (χ4v) is 2.16. The predicted molar refractivity (Wildman–Crippen MR) is 64.6 cm³/mol. The van der Waals surface area contributed by atoms with Crippen LogP contribution in [0.5, 0.6) is 0 Å². The van der Waals surface area contributed by atoms with Crippen molar-refractivity contribution < 1.29 is 9.13 Å². The number of rotatable bonds is 3. The molecule has 1 unspecified atom stereocenters. The molecule has 0 amide bonds. The lowest BCUT2D eigenvalue weighted by atomic mass is 10.0. The molecule has 0 saturated heterocycles. The van der Waals surface area contributed by atoms with E-state index in [2.05, 4.69) is 21.2 Å². The number of ether oxygens (including phenoxy) is 1. The van der Waals surface area contributed by atoms with Crippen LogP contribution in [-0.2, 0) is 4.74 Å². The maximum absolute atomic E-state index is 13.8. The predicted octanol–water partition coefficient (Wildman–Crippen LogP) is 3.15.